The van der Waals surface area contributed by atoms with E-state index in [1.807, 2.05) is 89.2 Å². The van der Waals surface area contributed by atoms with Gasteiger partial charge in [0, 0.05) is 5.88 Å². The molecule has 0 saturated carbocycles. The lowest BCUT2D eigenvalue weighted by Crippen LogP contribution is -1.99. The Morgan fingerprint density at radius 3 is 1.38 bits per heavy atom. The first-order valence-corrected chi connectivity index (χ1v) is 15.8. The van der Waals surface area contributed by atoms with Gasteiger partial charge in [-0.15, -0.1) is 11.6 Å². The molecule has 2 rings (SSSR count). The van der Waals surface area contributed by atoms with Crippen LogP contribution in [0, 0.1) is 0 Å². The van der Waals surface area contributed by atoms with Gasteiger partial charge in [-0.2, -0.15) is 0 Å². The zero-order valence-electron chi connectivity index (χ0n) is 22.9. The summed E-state index contributed by atoms with van der Waals surface area (Å²) in [6.07, 6.45) is 3.90. The predicted octanol–water partition coefficient (Wildman–Crippen LogP) is 9.49. The van der Waals surface area contributed by atoms with Crippen molar-refractivity contribution in [2.75, 3.05) is 33.0 Å². The van der Waals surface area contributed by atoms with Gasteiger partial charge in [-0.25, -0.2) is 0 Å². The van der Waals surface area contributed by atoms with Crippen LogP contribution in [-0.2, 0) is 39.2 Å². The fraction of sp³-hybridized carbons (Fsp3) is 0.429. The largest absolute Gasteiger partial charge is 0.335 e. The Kier molecular flexibility index (Phi) is 21.8. The van der Waals surface area contributed by atoms with Crippen LogP contribution in [0.5, 0.6) is 0 Å². The molecule has 2 aromatic rings. The lowest BCUT2D eigenvalue weighted by Gasteiger charge is -2.16. The maximum absolute atomic E-state index is 12.3. The number of hydrogen-bond acceptors (Lipinski definition) is 6. The third-order valence-electron chi connectivity index (χ3n) is 4.32. The third kappa shape index (κ3) is 17.0. The van der Waals surface area contributed by atoms with Crippen molar-refractivity contribution in [1.29, 1.82) is 0 Å². The van der Waals surface area contributed by atoms with E-state index in [0.29, 0.717) is 45.1 Å². The predicted molar refractivity (Wildman–Crippen MR) is 159 cm³/mol. The van der Waals surface area contributed by atoms with Crippen LogP contribution >= 0.6 is 27.8 Å². The first kappa shape index (κ1) is 35.7. The van der Waals surface area contributed by atoms with Crippen molar-refractivity contribution < 1.29 is 27.2 Å². The van der Waals surface area contributed by atoms with Crippen LogP contribution in [0.3, 0.4) is 0 Å². The standard InChI is InChI=1S/C13H19O3P.C9H9Cl.C6H15O3P/c1-4-12-7-9-13(10-8-12)11-17(14,15-5-2)16-6-3;1-2-8-3-5-9(7-10)6-4-8;1-4-7-10(8-5-2)9-6-3/h4,7-10H,1,5-6,11H2,2-3H3;2-6H,1,7H2;4-6H2,1-3H3. The molecule has 0 spiro atoms. The number of benzene rings is 2. The molecule has 0 aliphatic rings. The van der Waals surface area contributed by atoms with E-state index in [4.69, 9.17) is 34.2 Å². The molecule has 0 atom stereocenters. The van der Waals surface area contributed by atoms with Crippen molar-refractivity contribution in [3.05, 3.63) is 83.9 Å². The minimum atomic E-state index is -2.99. The Morgan fingerprint density at radius 2 is 1.08 bits per heavy atom. The van der Waals surface area contributed by atoms with Crippen molar-refractivity contribution in [3.8, 4) is 0 Å². The summed E-state index contributed by atoms with van der Waals surface area (Å²) in [4.78, 5) is 0. The second-order valence-corrected chi connectivity index (χ2v) is 10.7. The molecule has 0 unspecified atom stereocenters. The number of hydrogen-bond donors (Lipinski definition) is 0. The molecule has 0 radical (unpaired) electrons. The maximum atomic E-state index is 12.3. The van der Waals surface area contributed by atoms with E-state index in [0.717, 1.165) is 22.3 Å². The summed E-state index contributed by atoms with van der Waals surface area (Å²) in [6, 6.07) is 15.7. The zero-order chi connectivity index (χ0) is 27.9. The second kappa shape index (κ2) is 22.6. The van der Waals surface area contributed by atoms with Crippen LogP contribution in [0.4, 0.5) is 0 Å². The molecule has 0 fully saturated rings. The SMILES string of the molecule is C=Cc1ccc(CCl)cc1.C=Cc1ccc(CP(=O)(OCC)OCC)cc1.CCOP(OCC)OCC. The van der Waals surface area contributed by atoms with Gasteiger partial charge in [0.15, 0.2) is 0 Å². The highest BCUT2D eigenvalue weighted by Crippen LogP contribution is 2.51. The molecule has 208 valence electrons. The first-order valence-electron chi connectivity index (χ1n) is 12.4. The van der Waals surface area contributed by atoms with Gasteiger partial charge in [0.2, 0.25) is 0 Å². The Bertz CT molecular complexity index is 866. The van der Waals surface area contributed by atoms with Gasteiger partial charge in [0.05, 0.1) is 39.2 Å². The van der Waals surface area contributed by atoms with Gasteiger partial charge in [-0.1, -0.05) is 73.8 Å². The molecule has 0 bridgehead atoms. The number of rotatable bonds is 15. The van der Waals surface area contributed by atoms with Gasteiger partial charge in [0.25, 0.3) is 0 Å². The van der Waals surface area contributed by atoms with Gasteiger partial charge in [0.1, 0.15) is 0 Å². The van der Waals surface area contributed by atoms with Gasteiger partial charge >= 0.3 is 16.2 Å². The summed E-state index contributed by atoms with van der Waals surface area (Å²) in [7, 11) is -4.05. The Balaban J connectivity index is 0.000000559. The molecular formula is C28H43ClO6P2. The van der Waals surface area contributed by atoms with E-state index in [1.165, 1.54) is 0 Å². The summed E-state index contributed by atoms with van der Waals surface area (Å²) >= 11 is 5.60. The molecule has 0 aliphatic heterocycles. The van der Waals surface area contributed by atoms with Crippen molar-refractivity contribution in [2.45, 2.75) is 46.7 Å². The molecule has 0 saturated heterocycles. The molecule has 0 N–H and O–H groups in total. The van der Waals surface area contributed by atoms with Crippen LogP contribution in [0.1, 0.15) is 56.9 Å². The summed E-state index contributed by atoms with van der Waals surface area (Å²) < 4.78 is 38.2. The molecule has 9 heteroatoms. The van der Waals surface area contributed by atoms with E-state index in [2.05, 4.69) is 13.2 Å². The Hall–Kier alpha value is -1.33. The summed E-state index contributed by atoms with van der Waals surface area (Å²) in [5.41, 5.74) is 4.26. The third-order valence-corrected chi connectivity index (χ3v) is 8.09. The average Bonchev–Trinajstić information content (AvgIpc) is 2.90. The van der Waals surface area contributed by atoms with Gasteiger partial charge in [-0.3, -0.25) is 4.57 Å². The monoisotopic (exact) mass is 572 g/mol. The highest BCUT2D eigenvalue weighted by atomic mass is 35.5. The van der Waals surface area contributed by atoms with Gasteiger partial charge in [-0.05, 0) is 56.9 Å². The average molecular weight is 573 g/mol. The lowest BCUT2D eigenvalue weighted by molar-refractivity contribution is 0.176. The molecular weight excluding hydrogens is 530 g/mol. The fourth-order valence-corrected chi connectivity index (χ4v) is 5.41. The quantitative estimate of drug-likeness (QED) is 0.156. The van der Waals surface area contributed by atoms with E-state index in [1.54, 1.807) is 6.08 Å². The topological polar surface area (TPSA) is 63.2 Å². The van der Waals surface area contributed by atoms with E-state index < -0.39 is 16.2 Å². The normalized spacial score (nSPS) is 10.7. The second-order valence-electron chi connectivity index (χ2n) is 7.11. The minimum Gasteiger partial charge on any atom is -0.313 e. The number of halogens is 1. The maximum Gasteiger partial charge on any atom is 0.335 e. The highest BCUT2D eigenvalue weighted by Gasteiger charge is 2.23. The van der Waals surface area contributed by atoms with Crippen LogP contribution in [0.25, 0.3) is 12.2 Å². The van der Waals surface area contributed by atoms with E-state index in [-0.39, 0.29) is 0 Å². The smallest absolute Gasteiger partial charge is 0.313 e. The first-order chi connectivity index (χ1) is 17.8. The highest BCUT2D eigenvalue weighted by molar-refractivity contribution is 7.53. The van der Waals surface area contributed by atoms with E-state index >= 15 is 0 Å². The number of alkyl halides is 1. The Morgan fingerprint density at radius 1 is 0.703 bits per heavy atom. The fourth-order valence-electron chi connectivity index (χ4n) is 2.68. The van der Waals surface area contributed by atoms with Crippen LogP contribution in [-0.4, -0.2) is 33.0 Å². The van der Waals surface area contributed by atoms with Gasteiger partial charge < -0.3 is 22.6 Å². The van der Waals surface area contributed by atoms with Crippen LogP contribution < -0.4 is 0 Å². The summed E-state index contributed by atoms with van der Waals surface area (Å²) in [6.45, 7) is 19.5. The van der Waals surface area contributed by atoms with Crippen molar-refractivity contribution >= 4 is 40.0 Å². The molecule has 0 aromatic heterocycles. The molecule has 6 nitrogen and oxygen atoms in total. The molecule has 0 aliphatic carbocycles. The van der Waals surface area contributed by atoms with Crippen LogP contribution in [0.2, 0.25) is 0 Å². The van der Waals surface area contributed by atoms with Crippen molar-refractivity contribution in [2.24, 2.45) is 0 Å². The van der Waals surface area contributed by atoms with E-state index in [9.17, 15) is 4.57 Å². The molecule has 0 amide bonds. The summed E-state index contributed by atoms with van der Waals surface area (Å²) in [5.74, 6) is 0.581. The molecule has 0 heterocycles. The Labute approximate surface area is 230 Å². The lowest BCUT2D eigenvalue weighted by atomic mass is 10.1. The summed E-state index contributed by atoms with van der Waals surface area (Å²) in [5, 5.41) is 0. The minimum absolute atomic E-state index is 0.312. The zero-order valence-corrected chi connectivity index (χ0v) is 25.4. The van der Waals surface area contributed by atoms with Crippen LogP contribution in [0.15, 0.2) is 61.7 Å². The molecule has 37 heavy (non-hydrogen) atoms. The molecule has 2 aromatic carbocycles. The van der Waals surface area contributed by atoms with Crippen molar-refractivity contribution in [1.82, 2.24) is 0 Å². The van der Waals surface area contributed by atoms with Crippen molar-refractivity contribution in [3.63, 3.8) is 0 Å².